The van der Waals surface area contributed by atoms with Crippen LogP contribution < -0.4 is 10.2 Å². The quantitative estimate of drug-likeness (QED) is 0.747. The Morgan fingerprint density at radius 2 is 2.04 bits per heavy atom. The summed E-state index contributed by atoms with van der Waals surface area (Å²) in [4.78, 5) is 10.5. The molecule has 24 heavy (non-hydrogen) atoms. The molecule has 126 valence electrons. The van der Waals surface area contributed by atoms with Crippen LogP contribution in [0, 0.1) is 6.92 Å². The maximum absolute atomic E-state index is 4.52. The maximum atomic E-state index is 4.52. The number of rotatable bonds is 6. The van der Waals surface area contributed by atoms with Gasteiger partial charge in [0.2, 0.25) is 0 Å². The van der Waals surface area contributed by atoms with Gasteiger partial charge in [0.15, 0.2) is 0 Å². The Balaban J connectivity index is 1.69. The van der Waals surface area contributed by atoms with Crippen LogP contribution in [0.1, 0.15) is 16.8 Å². The summed E-state index contributed by atoms with van der Waals surface area (Å²) in [6.45, 7) is 3.59. The summed E-state index contributed by atoms with van der Waals surface area (Å²) in [6.07, 6.45) is 7.22. The van der Waals surface area contributed by atoms with E-state index < -0.39 is 0 Å². The van der Waals surface area contributed by atoms with Gasteiger partial charge < -0.3 is 10.2 Å². The summed E-state index contributed by atoms with van der Waals surface area (Å²) in [5, 5.41) is 8.03. The summed E-state index contributed by atoms with van der Waals surface area (Å²) >= 11 is 0. The molecule has 7 heteroatoms. The summed E-state index contributed by atoms with van der Waals surface area (Å²) < 4.78 is 3.83. The Morgan fingerprint density at radius 3 is 2.75 bits per heavy atom. The predicted molar refractivity (Wildman–Crippen MR) is 94.2 cm³/mol. The standard InChI is InChI=1S/C17H23N7/c1-13-15(17(22(2)3)23(4)21-13)11-19-10-14-5-6-20-16(9-14)24-8-7-18-12-24/h5-9,12,19H,10-11H2,1-4H3. The molecular formula is C17H23N7. The van der Waals surface area contributed by atoms with Gasteiger partial charge in [0, 0.05) is 58.4 Å². The van der Waals surface area contributed by atoms with Crippen molar-refractivity contribution in [2.45, 2.75) is 20.0 Å². The van der Waals surface area contributed by atoms with E-state index in [-0.39, 0.29) is 0 Å². The summed E-state index contributed by atoms with van der Waals surface area (Å²) in [7, 11) is 6.06. The van der Waals surface area contributed by atoms with Crippen LogP contribution in [0.25, 0.3) is 5.82 Å². The molecule has 0 aromatic carbocycles. The monoisotopic (exact) mass is 325 g/mol. The lowest BCUT2D eigenvalue weighted by molar-refractivity contribution is 0.687. The zero-order chi connectivity index (χ0) is 17.1. The normalized spacial score (nSPS) is 11.0. The molecule has 0 atom stereocenters. The van der Waals surface area contributed by atoms with E-state index in [4.69, 9.17) is 0 Å². The van der Waals surface area contributed by atoms with E-state index in [0.717, 1.165) is 30.4 Å². The molecule has 0 bridgehead atoms. The van der Waals surface area contributed by atoms with Crippen LogP contribution in [-0.2, 0) is 20.1 Å². The van der Waals surface area contributed by atoms with Crippen molar-refractivity contribution >= 4 is 5.82 Å². The molecule has 3 aromatic rings. The van der Waals surface area contributed by atoms with E-state index in [1.165, 1.54) is 11.1 Å². The zero-order valence-electron chi connectivity index (χ0n) is 14.6. The average molecular weight is 325 g/mol. The largest absolute Gasteiger partial charge is 0.363 e. The van der Waals surface area contributed by atoms with E-state index in [1.54, 1.807) is 12.5 Å². The minimum absolute atomic E-state index is 0.769. The van der Waals surface area contributed by atoms with Gasteiger partial charge in [-0.15, -0.1) is 0 Å². The first-order valence-corrected chi connectivity index (χ1v) is 7.90. The molecule has 7 nitrogen and oxygen atoms in total. The molecule has 0 aliphatic carbocycles. The van der Waals surface area contributed by atoms with Crippen molar-refractivity contribution in [2.24, 2.45) is 7.05 Å². The van der Waals surface area contributed by atoms with Gasteiger partial charge in [-0.25, -0.2) is 9.97 Å². The predicted octanol–water partition coefficient (Wildman–Crippen LogP) is 1.67. The number of imidazole rings is 1. The third kappa shape index (κ3) is 3.30. The molecule has 3 aromatic heterocycles. The second-order valence-corrected chi connectivity index (χ2v) is 6.00. The highest BCUT2D eigenvalue weighted by Gasteiger charge is 2.14. The maximum Gasteiger partial charge on any atom is 0.138 e. The van der Waals surface area contributed by atoms with Crippen molar-refractivity contribution in [3.63, 3.8) is 0 Å². The van der Waals surface area contributed by atoms with Gasteiger partial charge in [0.1, 0.15) is 18.0 Å². The number of anilines is 1. The van der Waals surface area contributed by atoms with Crippen molar-refractivity contribution in [3.05, 3.63) is 53.9 Å². The van der Waals surface area contributed by atoms with Crippen LogP contribution in [0.5, 0.6) is 0 Å². The summed E-state index contributed by atoms with van der Waals surface area (Å²) in [6, 6.07) is 4.09. The van der Waals surface area contributed by atoms with Crippen LogP contribution in [0.3, 0.4) is 0 Å². The van der Waals surface area contributed by atoms with Crippen molar-refractivity contribution < 1.29 is 0 Å². The fraction of sp³-hybridized carbons (Fsp3) is 0.353. The molecule has 0 aliphatic rings. The lowest BCUT2D eigenvalue weighted by atomic mass is 10.2. The number of pyridine rings is 1. The molecule has 3 rings (SSSR count). The second-order valence-electron chi connectivity index (χ2n) is 6.00. The topological polar surface area (TPSA) is 63.8 Å². The van der Waals surface area contributed by atoms with Crippen LogP contribution in [0.15, 0.2) is 37.1 Å². The molecule has 0 amide bonds. The first-order valence-electron chi connectivity index (χ1n) is 7.90. The minimum Gasteiger partial charge on any atom is -0.363 e. The average Bonchev–Trinajstić information content (AvgIpc) is 3.16. The Hall–Kier alpha value is -2.67. The fourth-order valence-corrected chi connectivity index (χ4v) is 2.89. The lowest BCUT2D eigenvalue weighted by Crippen LogP contribution is -2.19. The van der Waals surface area contributed by atoms with E-state index >= 15 is 0 Å². The van der Waals surface area contributed by atoms with Crippen LogP contribution in [-0.4, -0.2) is 38.4 Å². The van der Waals surface area contributed by atoms with E-state index in [1.807, 2.05) is 55.8 Å². The van der Waals surface area contributed by atoms with Gasteiger partial charge in [-0.2, -0.15) is 5.10 Å². The summed E-state index contributed by atoms with van der Waals surface area (Å²) in [5.41, 5.74) is 3.47. The van der Waals surface area contributed by atoms with E-state index in [2.05, 4.69) is 31.3 Å². The van der Waals surface area contributed by atoms with Gasteiger partial charge >= 0.3 is 0 Å². The number of hydrogen-bond acceptors (Lipinski definition) is 5. The summed E-state index contributed by atoms with van der Waals surface area (Å²) in [5.74, 6) is 2.01. The fourth-order valence-electron chi connectivity index (χ4n) is 2.89. The molecule has 0 saturated heterocycles. The highest BCUT2D eigenvalue weighted by Crippen LogP contribution is 2.21. The smallest absolute Gasteiger partial charge is 0.138 e. The highest BCUT2D eigenvalue weighted by molar-refractivity contribution is 5.48. The van der Waals surface area contributed by atoms with E-state index in [0.29, 0.717) is 0 Å². The Bertz CT molecular complexity index is 802. The van der Waals surface area contributed by atoms with E-state index in [9.17, 15) is 0 Å². The zero-order valence-corrected chi connectivity index (χ0v) is 14.6. The Labute approximate surface area is 142 Å². The van der Waals surface area contributed by atoms with Crippen LogP contribution >= 0.6 is 0 Å². The number of nitrogens with zero attached hydrogens (tertiary/aromatic N) is 6. The van der Waals surface area contributed by atoms with Gasteiger partial charge in [0.05, 0.1) is 5.69 Å². The molecule has 0 unspecified atom stereocenters. The molecule has 0 fully saturated rings. The third-order valence-electron chi connectivity index (χ3n) is 3.95. The first-order chi connectivity index (χ1) is 11.6. The van der Waals surface area contributed by atoms with Crippen molar-refractivity contribution in [2.75, 3.05) is 19.0 Å². The first kappa shape index (κ1) is 16.2. The number of aryl methyl sites for hydroxylation is 2. The van der Waals surface area contributed by atoms with Crippen molar-refractivity contribution in [3.8, 4) is 5.82 Å². The Morgan fingerprint density at radius 1 is 1.21 bits per heavy atom. The van der Waals surface area contributed by atoms with Crippen LogP contribution in [0.4, 0.5) is 5.82 Å². The SMILES string of the molecule is Cc1nn(C)c(N(C)C)c1CNCc1ccnc(-n2ccnc2)c1. The molecular weight excluding hydrogens is 302 g/mol. The van der Waals surface area contributed by atoms with Gasteiger partial charge in [0.25, 0.3) is 0 Å². The third-order valence-corrected chi connectivity index (χ3v) is 3.95. The van der Waals surface area contributed by atoms with Gasteiger partial charge in [-0.05, 0) is 24.6 Å². The van der Waals surface area contributed by atoms with Gasteiger partial charge in [-0.1, -0.05) is 0 Å². The molecule has 0 saturated carbocycles. The van der Waals surface area contributed by atoms with Crippen molar-refractivity contribution in [1.29, 1.82) is 0 Å². The molecule has 0 spiro atoms. The second kappa shape index (κ2) is 6.84. The number of aromatic nitrogens is 5. The van der Waals surface area contributed by atoms with Crippen LogP contribution in [0.2, 0.25) is 0 Å². The lowest BCUT2D eigenvalue weighted by Gasteiger charge is -2.15. The molecule has 0 aliphatic heterocycles. The minimum atomic E-state index is 0.769. The number of nitrogens with one attached hydrogen (secondary N) is 1. The molecule has 3 heterocycles. The van der Waals surface area contributed by atoms with Gasteiger partial charge in [-0.3, -0.25) is 9.25 Å². The molecule has 1 N–H and O–H groups in total. The Kier molecular flexibility index (Phi) is 4.61. The van der Waals surface area contributed by atoms with Crippen molar-refractivity contribution in [1.82, 2.24) is 29.6 Å². The molecule has 0 radical (unpaired) electrons. The number of hydrogen-bond donors (Lipinski definition) is 1. The highest BCUT2D eigenvalue weighted by atomic mass is 15.4.